The molecule has 0 saturated heterocycles. The molecule has 93 valence electrons. The third-order valence-electron chi connectivity index (χ3n) is 2.41. The van der Waals surface area contributed by atoms with Crippen LogP contribution in [0.1, 0.15) is 31.2 Å². The molecule has 1 amide bonds. The summed E-state index contributed by atoms with van der Waals surface area (Å²) in [6.07, 6.45) is 3.81. The average molecular weight is 234 g/mol. The number of benzene rings is 1. The molecule has 0 heterocycles. The Labute approximate surface area is 103 Å². The Kier molecular flexibility index (Phi) is 6.87. The standard InChI is InChI=1S/C14H20NO2/c1-2-3-4-8-11-15-14(16)17-12-13-9-6-5-7-10-13/h5-7,9-10H,1-4,8,11-12H2,(H,15,16). The summed E-state index contributed by atoms with van der Waals surface area (Å²) in [5.74, 6) is 0. The summed E-state index contributed by atoms with van der Waals surface area (Å²) in [5, 5.41) is 2.73. The monoisotopic (exact) mass is 234 g/mol. The molecule has 0 saturated carbocycles. The number of carbonyl (C=O) groups is 1. The van der Waals surface area contributed by atoms with Gasteiger partial charge in [0.2, 0.25) is 0 Å². The van der Waals surface area contributed by atoms with E-state index in [0.717, 1.165) is 31.2 Å². The maximum atomic E-state index is 11.3. The van der Waals surface area contributed by atoms with Crippen LogP contribution in [-0.2, 0) is 11.3 Å². The van der Waals surface area contributed by atoms with E-state index < -0.39 is 0 Å². The van der Waals surface area contributed by atoms with Gasteiger partial charge >= 0.3 is 6.09 Å². The molecule has 0 bridgehead atoms. The summed E-state index contributed by atoms with van der Waals surface area (Å²) in [7, 11) is 0. The number of alkyl carbamates (subject to hydrolysis) is 1. The molecule has 1 aromatic rings. The first-order valence-electron chi connectivity index (χ1n) is 6.06. The summed E-state index contributed by atoms with van der Waals surface area (Å²) < 4.78 is 5.07. The molecule has 0 aliphatic rings. The predicted octanol–water partition coefficient (Wildman–Crippen LogP) is 3.31. The van der Waals surface area contributed by atoms with Crippen LogP contribution < -0.4 is 5.32 Å². The third kappa shape index (κ3) is 6.61. The van der Waals surface area contributed by atoms with Gasteiger partial charge in [0.1, 0.15) is 6.61 Å². The molecule has 1 aromatic carbocycles. The predicted molar refractivity (Wildman–Crippen MR) is 68.5 cm³/mol. The van der Waals surface area contributed by atoms with Gasteiger partial charge in [-0.25, -0.2) is 4.79 Å². The van der Waals surface area contributed by atoms with Crippen molar-refractivity contribution >= 4 is 6.09 Å². The number of amides is 1. The highest BCUT2D eigenvalue weighted by atomic mass is 16.5. The largest absolute Gasteiger partial charge is 0.445 e. The Hall–Kier alpha value is -1.51. The van der Waals surface area contributed by atoms with Crippen LogP contribution in [0, 0.1) is 6.92 Å². The van der Waals surface area contributed by atoms with Crippen molar-refractivity contribution < 1.29 is 9.53 Å². The van der Waals surface area contributed by atoms with Gasteiger partial charge in [0.05, 0.1) is 0 Å². The maximum Gasteiger partial charge on any atom is 0.407 e. The quantitative estimate of drug-likeness (QED) is 0.735. The average Bonchev–Trinajstić information content (AvgIpc) is 2.37. The van der Waals surface area contributed by atoms with Crippen LogP contribution in [-0.4, -0.2) is 12.6 Å². The molecule has 3 nitrogen and oxygen atoms in total. The maximum absolute atomic E-state index is 11.3. The van der Waals surface area contributed by atoms with Crippen LogP contribution in [0.5, 0.6) is 0 Å². The zero-order valence-corrected chi connectivity index (χ0v) is 10.2. The van der Waals surface area contributed by atoms with E-state index in [9.17, 15) is 4.79 Å². The number of rotatable bonds is 7. The van der Waals surface area contributed by atoms with E-state index in [-0.39, 0.29) is 6.09 Å². The molecular formula is C14H20NO2. The smallest absolute Gasteiger partial charge is 0.407 e. The van der Waals surface area contributed by atoms with E-state index in [0.29, 0.717) is 13.2 Å². The van der Waals surface area contributed by atoms with E-state index in [4.69, 9.17) is 4.74 Å². The second kappa shape index (κ2) is 8.62. The van der Waals surface area contributed by atoms with Gasteiger partial charge in [-0.2, -0.15) is 0 Å². The Morgan fingerprint density at radius 3 is 2.65 bits per heavy atom. The third-order valence-corrected chi connectivity index (χ3v) is 2.41. The van der Waals surface area contributed by atoms with Crippen LogP contribution >= 0.6 is 0 Å². The Balaban J connectivity index is 2.05. The minimum Gasteiger partial charge on any atom is -0.445 e. The van der Waals surface area contributed by atoms with Crippen molar-refractivity contribution in [1.82, 2.24) is 5.32 Å². The summed E-state index contributed by atoms with van der Waals surface area (Å²) in [4.78, 5) is 11.3. The number of nitrogens with one attached hydrogen (secondary N) is 1. The number of hydrogen-bond acceptors (Lipinski definition) is 2. The molecule has 1 N–H and O–H groups in total. The molecule has 0 aliphatic carbocycles. The first-order valence-corrected chi connectivity index (χ1v) is 6.06. The molecule has 0 aliphatic heterocycles. The lowest BCUT2D eigenvalue weighted by Crippen LogP contribution is -2.25. The van der Waals surface area contributed by atoms with Crippen molar-refractivity contribution in [3.05, 3.63) is 42.8 Å². The molecule has 17 heavy (non-hydrogen) atoms. The number of hydrogen-bond donors (Lipinski definition) is 1. The molecule has 0 aromatic heterocycles. The summed E-state index contributed by atoms with van der Waals surface area (Å²) >= 11 is 0. The van der Waals surface area contributed by atoms with Crippen molar-refractivity contribution in [2.45, 2.75) is 32.3 Å². The SMILES string of the molecule is [CH2]CCCCCNC(=O)OCc1ccccc1. The van der Waals surface area contributed by atoms with Crippen LogP contribution in [0.25, 0.3) is 0 Å². The summed E-state index contributed by atoms with van der Waals surface area (Å²) in [6.45, 7) is 4.77. The highest BCUT2D eigenvalue weighted by molar-refractivity contribution is 5.67. The van der Waals surface area contributed by atoms with Gasteiger partial charge in [-0.05, 0) is 12.0 Å². The zero-order valence-electron chi connectivity index (χ0n) is 10.2. The first kappa shape index (κ1) is 13.6. The van der Waals surface area contributed by atoms with Crippen molar-refractivity contribution in [3.8, 4) is 0 Å². The lowest BCUT2D eigenvalue weighted by atomic mass is 10.2. The molecule has 1 rings (SSSR count). The minimum absolute atomic E-state index is 0.325. The second-order valence-corrected chi connectivity index (χ2v) is 3.90. The Morgan fingerprint density at radius 2 is 1.94 bits per heavy atom. The van der Waals surface area contributed by atoms with E-state index in [1.807, 2.05) is 30.3 Å². The fourth-order valence-corrected chi connectivity index (χ4v) is 1.44. The van der Waals surface area contributed by atoms with E-state index in [1.54, 1.807) is 0 Å². The van der Waals surface area contributed by atoms with Crippen molar-refractivity contribution in [2.75, 3.05) is 6.54 Å². The van der Waals surface area contributed by atoms with Gasteiger partial charge in [0.25, 0.3) is 0 Å². The molecule has 0 atom stereocenters. The van der Waals surface area contributed by atoms with Crippen molar-refractivity contribution in [3.63, 3.8) is 0 Å². The van der Waals surface area contributed by atoms with Crippen molar-refractivity contribution in [1.29, 1.82) is 0 Å². The number of carbonyl (C=O) groups excluding carboxylic acids is 1. The molecule has 0 spiro atoms. The van der Waals surface area contributed by atoms with Gasteiger partial charge in [0, 0.05) is 6.54 Å². The second-order valence-electron chi connectivity index (χ2n) is 3.90. The highest BCUT2D eigenvalue weighted by Crippen LogP contribution is 2.01. The number of ether oxygens (including phenoxy) is 1. The molecular weight excluding hydrogens is 214 g/mol. The summed E-state index contributed by atoms with van der Waals surface area (Å²) in [6, 6.07) is 9.65. The summed E-state index contributed by atoms with van der Waals surface area (Å²) in [5.41, 5.74) is 1.000. The normalized spacial score (nSPS) is 9.94. The van der Waals surface area contributed by atoms with Crippen LogP contribution in [0.15, 0.2) is 30.3 Å². The van der Waals surface area contributed by atoms with Crippen LogP contribution in [0.2, 0.25) is 0 Å². The molecule has 0 unspecified atom stereocenters. The van der Waals surface area contributed by atoms with E-state index >= 15 is 0 Å². The Bertz CT molecular complexity index is 311. The van der Waals surface area contributed by atoms with E-state index in [2.05, 4.69) is 12.2 Å². The molecule has 1 radical (unpaired) electrons. The Morgan fingerprint density at radius 1 is 1.18 bits per heavy atom. The van der Waals surface area contributed by atoms with Gasteiger partial charge in [-0.3, -0.25) is 0 Å². The fourth-order valence-electron chi connectivity index (χ4n) is 1.44. The van der Waals surface area contributed by atoms with Crippen molar-refractivity contribution in [2.24, 2.45) is 0 Å². The van der Waals surface area contributed by atoms with Gasteiger partial charge in [-0.1, -0.05) is 56.5 Å². The number of unbranched alkanes of at least 4 members (excludes halogenated alkanes) is 3. The fraction of sp³-hybridized carbons (Fsp3) is 0.429. The topological polar surface area (TPSA) is 38.3 Å². The molecule has 0 fully saturated rings. The van der Waals surface area contributed by atoms with E-state index in [1.165, 1.54) is 0 Å². The van der Waals surface area contributed by atoms with Gasteiger partial charge < -0.3 is 10.1 Å². The lowest BCUT2D eigenvalue weighted by Gasteiger charge is -2.06. The molecule has 3 heteroatoms. The highest BCUT2D eigenvalue weighted by Gasteiger charge is 2.00. The first-order chi connectivity index (χ1) is 8.33. The zero-order chi connectivity index (χ0) is 12.3. The minimum atomic E-state index is -0.344. The lowest BCUT2D eigenvalue weighted by molar-refractivity contribution is 0.139. The van der Waals surface area contributed by atoms with Crippen LogP contribution in [0.3, 0.4) is 0 Å². The van der Waals surface area contributed by atoms with Crippen LogP contribution in [0.4, 0.5) is 4.79 Å². The van der Waals surface area contributed by atoms with Gasteiger partial charge in [0.15, 0.2) is 0 Å². The van der Waals surface area contributed by atoms with Gasteiger partial charge in [-0.15, -0.1) is 0 Å².